The van der Waals surface area contributed by atoms with Gasteiger partial charge in [0.1, 0.15) is 5.82 Å². The highest BCUT2D eigenvalue weighted by Crippen LogP contribution is 2.23. The van der Waals surface area contributed by atoms with Gasteiger partial charge in [0.15, 0.2) is 0 Å². The van der Waals surface area contributed by atoms with E-state index in [1.807, 2.05) is 0 Å². The Bertz CT molecular complexity index is 482. The highest BCUT2D eigenvalue weighted by atomic mass is 16.1. The second-order valence-corrected chi connectivity index (χ2v) is 5.05. The van der Waals surface area contributed by atoms with E-state index in [2.05, 4.69) is 27.2 Å². The molecule has 1 saturated heterocycles. The van der Waals surface area contributed by atoms with E-state index in [4.69, 9.17) is 0 Å². The van der Waals surface area contributed by atoms with E-state index in [1.165, 1.54) is 0 Å². The third kappa shape index (κ3) is 2.00. The molecule has 1 atom stereocenters. The lowest BCUT2D eigenvalue weighted by Crippen LogP contribution is -2.32. The molecule has 1 aromatic rings. The highest BCUT2D eigenvalue weighted by Gasteiger charge is 2.25. The SMILES string of the molecule is CN1CCC(c2nc3c(c(=O)[nH]2)CCNC3)C1. The van der Waals surface area contributed by atoms with Gasteiger partial charge < -0.3 is 15.2 Å². The Morgan fingerprint density at radius 2 is 2.35 bits per heavy atom. The van der Waals surface area contributed by atoms with Gasteiger partial charge in [-0.15, -0.1) is 0 Å². The Labute approximate surface area is 100 Å². The molecule has 0 saturated carbocycles. The van der Waals surface area contributed by atoms with E-state index in [-0.39, 0.29) is 5.56 Å². The number of aromatic amines is 1. The number of nitrogens with zero attached hydrogens (tertiary/aromatic N) is 2. The molecular formula is C12H18N4O. The number of aromatic nitrogens is 2. The number of likely N-dealkylation sites (N-methyl/N-ethyl adjacent to an activating group) is 1. The maximum absolute atomic E-state index is 12.0. The smallest absolute Gasteiger partial charge is 0.254 e. The molecule has 2 aliphatic heterocycles. The van der Waals surface area contributed by atoms with Crippen LogP contribution in [-0.2, 0) is 13.0 Å². The largest absolute Gasteiger partial charge is 0.311 e. The van der Waals surface area contributed by atoms with Crippen LogP contribution in [0.3, 0.4) is 0 Å². The first kappa shape index (κ1) is 10.9. The lowest BCUT2D eigenvalue weighted by atomic mass is 10.1. The fourth-order valence-corrected chi connectivity index (χ4v) is 2.74. The molecule has 0 spiro atoms. The van der Waals surface area contributed by atoms with Crippen molar-refractivity contribution in [3.8, 4) is 0 Å². The Hall–Kier alpha value is -1.20. The van der Waals surface area contributed by atoms with Crippen LogP contribution in [0.1, 0.15) is 29.4 Å². The molecule has 1 unspecified atom stereocenters. The molecule has 3 heterocycles. The predicted molar refractivity (Wildman–Crippen MR) is 65.1 cm³/mol. The predicted octanol–water partition coefficient (Wildman–Crippen LogP) is -0.165. The third-order valence-electron chi connectivity index (χ3n) is 3.74. The van der Waals surface area contributed by atoms with Gasteiger partial charge in [0.2, 0.25) is 0 Å². The maximum Gasteiger partial charge on any atom is 0.254 e. The molecule has 0 radical (unpaired) electrons. The quantitative estimate of drug-likeness (QED) is 0.708. The van der Waals surface area contributed by atoms with Crippen LogP contribution in [0.25, 0.3) is 0 Å². The van der Waals surface area contributed by atoms with Crippen LogP contribution in [0.15, 0.2) is 4.79 Å². The molecular weight excluding hydrogens is 216 g/mol. The second kappa shape index (κ2) is 4.23. The Morgan fingerprint density at radius 1 is 1.47 bits per heavy atom. The molecule has 5 heteroatoms. The minimum atomic E-state index is 0.0704. The van der Waals surface area contributed by atoms with Crippen LogP contribution in [-0.4, -0.2) is 41.5 Å². The summed E-state index contributed by atoms with van der Waals surface area (Å²) in [5.41, 5.74) is 1.89. The fourth-order valence-electron chi connectivity index (χ4n) is 2.74. The van der Waals surface area contributed by atoms with E-state index >= 15 is 0 Å². The summed E-state index contributed by atoms with van der Waals surface area (Å²) in [4.78, 5) is 21.9. The number of likely N-dealkylation sites (tertiary alicyclic amines) is 1. The van der Waals surface area contributed by atoms with Gasteiger partial charge in [-0.3, -0.25) is 4.79 Å². The number of nitrogens with one attached hydrogen (secondary N) is 2. The molecule has 92 valence electrons. The molecule has 17 heavy (non-hydrogen) atoms. The average molecular weight is 234 g/mol. The first-order chi connectivity index (χ1) is 8.24. The summed E-state index contributed by atoms with van der Waals surface area (Å²) in [6.45, 7) is 3.69. The molecule has 1 aromatic heterocycles. The molecule has 5 nitrogen and oxygen atoms in total. The summed E-state index contributed by atoms with van der Waals surface area (Å²) < 4.78 is 0. The summed E-state index contributed by atoms with van der Waals surface area (Å²) in [5, 5.41) is 3.27. The van der Waals surface area contributed by atoms with Crippen LogP contribution >= 0.6 is 0 Å². The van der Waals surface area contributed by atoms with Crippen LogP contribution < -0.4 is 10.9 Å². The van der Waals surface area contributed by atoms with Crippen LogP contribution in [0.5, 0.6) is 0 Å². The topological polar surface area (TPSA) is 61.0 Å². The molecule has 3 rings (SSSR count). The average Bonchev–Trinajstić information content (AvgIpc) is 2.76. The lowest BCUT2D eigenvalue weighted by molar-refractivity contribution is 0.409. The molecule has 0 aliphatic carbocycles. The normalized spacial score (nSPS) is 24.9. The minimum Gasteiger partial charge on any atom is -0.311 e. The van der Waals surface area contributed by atoms with Gasteiger partial charge in [0.05, 0.1) is 5.69 Å². The Kier molecular flexibility index (Phi) is 2.72. The van der Waals surface area contributed by atoms with E-state index in [0.717, 1.165) is 56.1 Å². The number of hydrogen-bond acceptors (Lipinski definition) is 4. The first-order valence-electron chi connectivity index (χ1n) is 6.25. The zero-order valence-electron chi connectivity index (χ0n) is 10.1. The highest BCUT2D eigenvalue weighted by molar-refractivity contribution is 5.21. The third-order valence-corrected chi connectivity index (χ3v) is 3.74. The minimum absolute atomic E-state index is 0.0704. The summed E-state index contributed by atoms with van der Waals surface area (Å²) in [6, 6.07) is 0. The molecule has 2 aliphatic rings. The number of hydrogen-bond donors (Lipinski definition) is 2. The van der Waals surface area contributed by atoms with Crippen molar-refractivity contribution in [3.63, 3.8) is 0 Å². The number of rotatable bonds is 1. The maximum atomic E-state index is 12.0. The molecule has 1 fully saturated rings. The Morgan fingerprint density at radius 3 is 3.12 bits per heavy atom. The Balaban J connectivity index is 1.96. The van der Waals surface area contributed by atoms with E-state index in [0.29, 0.717) is 5.92 Å². The molecule has 0 amide bonds. The van der Waals surface area contributed by atoms with Crippen molar-refractivity contribution in [1.82, 2.24) is 20.2 Å². The zero-order chi connectivity index (χ0) is 11.8. The van der Waals surface area contributed by atoms with Crippen molar-refractivity contribution in [2.75, 3.05) is 26.7 Å². The van der Waals surface area contributed by atoms with Crippen molar-refractivity contribution in [2.45, 2.75) is 25.3 Å². The van der Waals surface area contributed by atoms with Gasteiger partial charge in [0, 0.05) is 24.6 Å². The summed E-state index contributed by atoms with van der Waals surface area (Å²) in [6.07, 6.45) is 1.88. The summed E-state index contributed by atoms with van der Waals surface area (Å²) in [7, 11) is 2.11. The van der Waals surface area contributed by atoms with Crippen LogP contribution in [0, 0.1) is 0 Å². The second-order valence-electron chi connectivity index (χ2n) is 5.05. The van der Waals surface area contributed by atoms with E-state index in [9.17, 15) is 4.79 Å². The van der Waals surface area contributed by atoms with Crippen molar-refractivity contribution >= 4 is 0 Å². The number of H-pyrrole nitrogens is 1. The van der Waals surface area contributed by atoms with Gasteiger partial charge in [-0.25, -0.2) is 4.98 Å². The summed E-state index contributed by atoms with van der Waals surface area (Å²) >= 11 is 0. The van der Waals surface area contributed by atoms with Crippen LogP contribution in [0.4, 0.5) is 0 Å². The number of fused-ring (bicyclic) bond motifs is 1. The zero-order valence-corrected chi connectivity index (χ0v) is 10.1. The van der Waals surface area contributed by atoms with Gasteiger partial charge >= 0.3 is 0 Å². The lowest BCUT2D eigenvalue weighted by Gasteiger charge is -2.17. The van der Waals surface area contributed by atoms with E-state index < -0.39 is 0 Å². The van der Waals surface area contributed by atoms with Crippen molar-refractivity contribution in [3.05, 3.63) is 27.4 Å². The van der Waals surface area contributed by atoms with E-state index in [1.54, 1.807) is 0 Å². The molecule has 0 aromatic carbocycles. The summed E-state index contributed by atoms with van der Waals surface area (Å²) in [5.74, 6) is 1.27. The van der Waals surface area contributed by atoms with Crippen molar-refractivity contribution < 1.29 is 0 Å². The van der Waals surface area contributed by atoms with Gasteiger partial charge in [-0.05, 0) is 33.0 Å². The molecule has 0 bridgehead atoms. The monoisotopic (exact) mass is 234 g/mol. The fraction of sp³-hybridized carbons (Fsp3) is 0.667. The van der Waals surface area contributed by atoms with Crippen molar-refractivity contribution in [2.24, 2.45) is 0 Å². The molecule has 2 N–H and O–H groups in total. The van der Waals surface area contributed by atoms with Gasteiger partial charge in [-0.2, -0.15) is 0 Å². The first-order valence-corrected chi connectivity index (χ1v) is 6.25. The van der Waals surface area contributed by atoms with Crippen LogP contribution in [0.2, 0.25) is 0 Å². The van der Waals surface area contributed by atoms with Gasteiger partial charge in [0.25, 0.3) is 5.56 Å². The van der Waals surface area contributed by atoms with Gasteiger partial charge in [-0.1, -0.05) is 0 Å². The standard InChI is InChI=1S/C12H18N4O/c1-16-5-3-8(7-16)11-14-10-6-13-4-2-9(10)12(17)15-11/h8,13H,2-7H2,1H3,(H,14,15,17). The van der Waals surface area contributed by atoms with Crippen molar-refractivity contribution in [1.29, 1.82) is 0 Å².